The molecule has 0 aromatic heterocycles. The molecule has 2 bridgehead atoms. The highest BCUT2D eigenvalue weighted by molar-refractivity contribution is 5.71. The Labute approximate surface area is 141 Å². The number of halogens is 6. The number of ether oxygens (including phenoxy) is 2. The molecular formula is C16H20F6O3. The van der Waals surface area contributed by atoms with Gasteiger partial charge >= 0.3 is 18.3 Å². The van der Waals surface area contributed by atoms with Crippen LogP contribution in [0.25, 0.3) is 0 Å². The van der Waals surface area contributed by atoms with Gasteiger partial charge in [0.2, 0.25) is 0 Å². The molecule has 0 N–H and O–H groups in total. The molecule has 0 heterocycles. The number of carbonyl (C=O) groups is 1. The highest BCUT2D eigenvalue weighted by Gasteiger charge is 2.74. The van der Waals surface area contributed by atoms with E-state index in [-0.39, 0.29) is 11.8 Å². The normalized spacial score (nSPS) is 27.0. The summed E-state index contributed by atoms with van der Waals surface area (Å²) in [5.74, 6) is -1.56. The van der Waals surface area contributed by atoms with Crippen LogP contribution in [0.15, 0.2) is 12.2 Å². The van der Waals surface area contributed by atoms with Gasteiger partial charge in [0.05, 0.1) is 12.0 Å². The lowest BCUT2D eigenvalue weighted by molar-refractivity contribution is -0.398. The van der Waals surface area contributed by atoms with Gasteiger partial charge in [-0.25, -0.2) is 0 Å². The second-order valence-electron chi connectivity index (χ2n) is 7.52. The van der Waals surface area contributed by atoms with Crippen LogP contribution in [0.1, 0.15) is 40.0 Å². The molecule has 0 spiro atoms. The van der Waals surface area contributed by atoms with E-state index in [1.54, 1.807) is 6.08 Å². The largest absolute Gasteiger partial charge is 0.462 e. The Balaban J connectivity index is 2.22. The maximum absolute atomic E-state index is 13.4. The van der Waals surface area contributed by atoms with Crippen molar-refractivity contribution in [1.82, 2.24) is 0 Å². The van der Waals surface area contributed by atoms with Crippen LogP contribution in [0.5, 0.6) is 0 Å². The van der Waals surface area contributed by atoms with Crippen molar-refractivity contribution in [1.29, 1.82) is 0 Å². The molecule has 0 saturated heterocycles. The van der Waals surface area contributed by atoms with E-state index in [9.17, 15) is 31.1 Å². The summed E-state index contributed by atoms with van der Waals surface area (Å²) in [4.78, 5) is 11.9. The second kappa shape index (κ2) is 6.17. The Hall–Kier alpha value is -1.25. The van der Waals surface area contributed by atoms with Crippen LogP contribution in [-0.2, 0) is 14.3 Å². The maximum Gasteiger partial charge on any atom is 0.427 e. The lowest BCUT2D eigenvalue weighted by Crippen LogP contribution is -2.62. The molecule has 3 unspecified atom stereocenters. The van der Waals surface area contributed by atoms with Gasteiger partial charge in [0.15, 0.2) is 0 Å². The van der Waals surface area contributed by atoms with Gasteiger partial charge in [-0.2, -0.15) is 26.3 Å². The minimum Gasteiger partial charge on any atom is -0.462 e. The van der Waals surface area contributed by atoms with Crippen molar-refractivity contribution in [3.05, 3.63) is 12.2 Å². The molecule has 0 aromatic rings. The predicted molar refractivity (Wildman–Crippen MR) is 75.5 cm³/mol. The fourth-order valence-electron chi connectivity index (χ4n) is 3.32. The molecule has 0 radical (unpaired) electrons. The molecular weight excluding hydrogens is 354 g/mol. The van der Waals surface area contributed by atoms with Gasteiger partial charge in [-0.15, -0.1) is 0 Å². The molecule has 3 nitrogen and oxygen atoms in total. The fraction of sp³-hybridized carbons (Fsp3) is 0.812. The van der Waals surface area contributed by atoms with E-state index >= 15 is 0 Å². The third kappa shape index (κ3) is 4.12. The lowest BCUT2D eigenvalue weighted by atomic mass is 9.95. The molecule has 1 saturated carbocycles. The average Bonchev–Trinajstić information content (AvgIpc) is 2.95. The lowest BCUT2D eigenvalue weighted by Gasteiger charge is -2.41. The first kappa shape index (κ1) is 20.1. The number of carbonyl (C=O) groups excluding carboxylic acids is 1. The van der Waals surface area contributed by atoms with Gasteiger partial charge in [-0.05, 0) is 39.5 Å². The summed E-state index contributed by atoms with van der Waals surface area (Å²) in [6.45, 7) is 3.18. The standard InChI is InChI=1S/C16H20F6O3/c1-13(2,3)25-14(15(17,18)19,16(20,21)22)8-12(23)24-11-7-9-4-5-10(11)6-9/h4-5,9-11H,6-8H2,1-3H3. The topological polar surface area (TPSA) is 35.5 Å². The third-order valence-electron chi connectivity index (χ3n) is 4.29. The number of rotatable bonds is 4. The molecule has 144 valence electrons. The highest BCUT2D eigenvalue weighted by Crippen LogP contribution is 2.50. The number of fused-ring (bicyclic) bond motifs is 2. The fourth-order valence-corrected chi connectivity index (χ4v) is 3.32. The number of hydrogen-bond donors (Lipinski definition) is 0. The first-order valence-corrected chi connectivity index (χ1v) is 7.86. The summed E-state index contributed by atoms with van der Waals surface area (Å²) in [5.41, 5.74) is -6.39. The van der Waals surface area contributed by atoms with Crippen molar-refractivity contribution in [3.8, 4) is 0 Å². The summed E-state index contributed by atoms with van der Waals surface area (Å²) in [7, 11) is 0. The summed E-state index contributed by atoms with van der Waals surface area (Å²) in [6, 6.07) is 0. The van der Waals surface area contributed by atoms with Crippen molar-refractivity contribution >= 4 is 5.97 Å². The maximum atomic E-state index is 13.4. The Bertz CT molecular complexity index is 530. The van der Waals surface area contributed by atoms with Crippen LogP contribution >= 0.6 is 0 Å². The Morgan fingerprint density at radius 3 is 1.92 bits per heavy atom. The minimum absolute atomic E-state index is 0.149. The van der Waals surface area contributed by atoms with Crippen LogP contribution in [0, 0.1) is 11.8 Å². The van der Waals surface area contributed by atoms with Crippen LogP contribution in [0.2, 0.25) is 0 Å². The molecule has 0 aromatic carbocycles. The Morgan fingerprint density at radius 2 is 1.56 bits per heavy atom. The van der Waals surface area contributed by atoms with Crippen molar-refractivity contribution < 1.29 is 40.6 Å². The Morgan fingerprint density at radius 1 is 1.00 bits per heavy atom. The monoisotopic (exact) mass is 374 g/mol. The highest BCUT2D eigenvalue weighted by atomic mass is 19.4. The third-order valence-corrected chi connectivity index (χ3v) is 4.29. The van der Waals surface area contributed by atoms with Crippen molar-refractivity contribution in [2.75, 3.05) is 0 Å². The van der Waals surface area contributed by atoms with Crippen molar-refractivity contribution in [3.63, 3.8) is 0 Å². The van der Waals surface area contributed by atoms with Gasteiger partial charge in [-0.3, -0.25) is 4.79 Å². The molecule has 0 aliphatic heterocycles. The summed E-state index contributed by atoms with van der Waals surface area (Å²) >= 11 is 0. The van der Waals surface area contributed by atoms with E-state index in [0.717, 1.165) is 20.8 Å². The van der Waals surface area contributed by atoms with E-state index in [0.29, 0.717) is 12.8 Å². The quantitative estimate of drug-likeness (QED) is 0.411. The first-order valence-electron chi connectivity index (χ1n) is 7.86. The predicted octanol–water partition coefficient (Wildman–Crippen LogP) is 4.56. The van der Waals surface area contributed by atoms with Crippen LogP contribution < -0.4 is 0 Å². The summed E-state index contributed by atoms with van der Waals surface area (Å²) in [6.07, 6.45) is -9.51. The molecule has 1 fully saturated rings. The molecule has 2 rings (SSSR count). The zero-order valence-corrected chi connectivity index (χ0v) is 14.0. The summed E-state index contributed by atoms with van der Waals surface area (Å²) in [5, 5.41) is 0. The van der Waals surface area contributed by atoms with E-state index < -0.39 is 42.0 Å². The smallest absolute Gasteiger partial charge is 0.427 e. The van der Waals surface area contributed by atoms with Crippen LogP contribution in [-0.4, -0.2) is 35.6 Å². The molecule has 0 amide bonds. The number of allylic oxidation sites excluding steroid dienone is 1. The van der Waals surface area contributed by atoms with Gasteiger partial charge in [-0.1, -0.05) is 12.2 Å². The van der Waals surface area contributed by atoms with Crippen molar-refractivity contribution in [2.24, 2.45) is 11.8 Å². The van der Waals surface area contributed by atoms with Gasteiger partial charge in [0.1, 0.15) is 6.10 Å². The second-order valence-corrected chi connectivity index (χ2v) is 7.52. The SMILES string of the molecule is CC(C)(C)OC(CC(=O)OC1CC2C=CC1C2)(C(F)(F)F)C(F)(F)F. The van der Waals surface area contributed by atoms with E-state index in [1.807, 2.05) is 6.08 Å². The minimum atomic E-state index is -5.83. The Kier molecular flexibility index (Phi) is 4.96. The van der Waals surface area contributed by atoms with E-state index in [1.165, 1.54) is 0 Å². The zero-order valence-electron chi connectivity index (χ0n) is 14.0. The van der Waals surface area contributed by atoms with E-state index in [4.69, 9.17) is 4.74 Å². The van der Waals surface area contributed by atoms with Gasteiger partial charge in [0.25, 0.3) is 5.60 Å². The number of esters is 1. The molecule has 25 heavy (non-hydrogen) atoms. The zero-order chi connectivity index (χ0) is 19.3. The molecule has 2 aliphatic rings. The molecule has 3 atom stereocenters. The molecule has 9 heteroatoms. The summed E-state index contributed by atoms with van der Waals surface area (Å²) < 4.78 is 89.5. The van der Waals surface area contributed by atoms with Crippen LogP contribution in [0.4, 0.5) is 26.3 Å². The molecule has 2 aliphatic carbocycles. The van der Waals surface area contributed by atoms with Gasteiger partial charge < -0.3 is 9.47 Å². The van der Waals surface area contributed by atoms with Crippen molar-refractivity contribution in [2.45, 2.75) is 69.7 Å². The number of hydrogen-bond acceptors (Lipinski definition) is 3. The number of alkyl halides is 6. The first-order chi connectivity index (χ1) is 11.1. The average molecular weight is 374 g/mol. The van der Waals surface area contributed by atoms with Crippen LogP contribution in [0.3, 0.4) is 0 Å². The van der Waals surface area contributed by atoms with E-state index in [2.05, 4.69) is 4.74 Å². The van der Waals surface area contributed by atoms with Gasteiger partial charge in [0, 0.05) is 5.92 Å².